The average Bonchev–Trinajstić information content (AvgIpc) is 2.55. The lowest BCUT2D eigenvalue weighted by molar-refractivity contribution is 0.415. The van der Waals surface area contributed by atoms with E-state index in [2.05, 4.69) is 15.9 Å². The summed E-state index contributed by atoms with van der Waals surface area (Å²) in [5.74, 6) is 0.683. The van der Waals surface area contributed by atoms with Gasteiger partial charge in [0.1, 0.15) is 9.96 Å². The second kappa shape index (κ2) is 3.99. The molecule has 0 aliphatic heterocycles. The Morgan fingerprint density at radius 2 is 2.12 bits per heavy atom. The Balaban J connectivity index is 2.78. The van der Waals surface area contributed by atoms with Gasteiger partial charge in [0.25, 0.3) is 0 Å². The number of benzene rings is 1. The Hall–Kier alpha value is -0.630. The maximum atomic E-state index is 11.3. The number of hydrogen-bond acceptors (Lipinski definition) is 4. The molecule has 0 aliphatic carbocycles. The van der Waals surface area contributed by atoms with Crippen LogP contribution in [0, 0.1) is 0 Å². The van der Waals surface area contributed by atoms with Crippen LogP contribution < -0.4 is 9.88 Å². The molecule has 0 saturated heterocycles. The van der Waals surface area contributed by atoms with E-state index in [1.54, 1.807) is 25.3 Å². The molecule has 2 aromatic rings. The molecule has 16 heavy (non-hydrogen) atoms. The van der Waals surface area contributed by atoms with E-state index in [-0.39, 0.29) is 4.21 Å². The lowest BCUT2D eigenvalue weighted by atomic mass is 10.2. The van der Waals surface area contributed by atoms with Crippen molar-refractivity contribution in [1.29, 1.82) is 0 Å². The quantitative estimate of drug-likeness (QED) is 0.922. The number of ether oxygens (including phenoxy) is 1. The molecule has 7 heteroatoms. The molecular formula is C9H8BrNO3S2. The summed E-state index contributed by atoms with van der Waals surface area (Å²) in [6, 6.07) is 5.34. The van der Waals surface area contributed by atoms with Crippen molar-refractivity contribution in [2.24, 2.45) is 5.14 Å². The maximum Gasteiger partial charge on any atom is 0.248 e. The van der Waals surface area contributed by atoms with Crippen molar-refractivity contribution in [3.05, 3.63) is 22.7 Å². The van der Waals surface area contributed by atoms with Crippen LogP contribution in [0.2, 0.25) is 0 Å². The number of nitrogens with two attached hydrogens (primary N) is 1. The Morgan fingerprint density at radius 1 is 1.44 bits per heavy atom. The molecule has 0 radical (unpaired) electrons. The van der Waals surface area contributed by atoms with Crippen molar-refractivity contribution in [2.75, 3.05) is 7.11 Å². The van der Waals surface area contributed by atoms with Crippen LogP contribution in [0.15, 0.2) is 26.9 Å². The summed E-state index contributed by atoms with van der Waals surface area (Å²) in [4.78, 5) is 0. The van der Waals surface area contributed by atoms with E-state index in [9.17, 15) is 8.42 Å². The zero-order chi connectivity index (χ0) is 11.9. The largest absolute Gasteiger partial charge is 0.497 e. The van der Waals surface area contributed by atoms with Crippen molar-refractivity contribution in [3.63, 3.8) is 0 Å². The van der Waals surface area contributed by atoms with Crippen LogP contribution in [0.3, 0.4) is 0 Å². The minimum absolute atomic E-state index is 0.135. The van der Waals surface area contributed by atoms with Gasteiger partial charge in [0.05, 0.1) is 11.6 Å². The van der Waals surface area contributed by atoms with Gasteiger partial charge < -0.3 is 4.74 Å². The van der Waals surface area contributed by atoms with Gasteiger partial charge in [0, 0.05) is 10.1 Å². The van der Waals surface area contributed by atoms with Crippen LogP contribution >= 0.6 is 27.3 Å². The third-order valence-corrected chi connectivity index (χ3v) is 6.03. The number of sulfonamides is 1. The fraction of sp³-hybridized carbons (Fsp3) is 0.111. The van der Waals surface area contributed by atoms with Crippen molar-refractivity contribution in [1.82, 2.24) is 0 Å². The molecular weight excluding hydrogens is 314 g/mol. The molecule has 0 unspecified atom stereocenters. The lowest BCUT2D eigenvalue weighted by Gasteiger charge is -1.97. The summed E-state index contributed by atoms with van der Waals surface area (Å²) in [5.41, 5.74) is 0. The highest BCUT2D eigenvalue weighted by molar-refractivity contribution is 9.10. The first-order valence-electron chi connectivity index (χ1n) is 4.22. The van der Waals surface area contributed by atoms with Crippen molar-refractivity contribution < 1.29 is 13.2 Å². The highest BCUT2D eigenvalue weighted by Crippen LogP contribution is 2.39. The summed E-state index contributed by atoms with van der Waals surface area (Å²) in [5, 5.41) is 5.93. The average molecular weight is 322 g/mol. The van der Waals surface area contributed by atoms with Gasteiger partial charge in [-0.15, -0.1) is 11.3 Å². The smallest absolute Gasteiger partial charge is 0.248 e. The fourth-order valence-electron chi connectivity index (χ4n) is 1.33. The van der Waals surface area contributed by atoms with Gasteiger partial charge >= 0.3 is 0 Å². The molecule has 0 atom stereocenters. The van der Waals surface area contributed by atoms with Crippen LogP contribution in [0.1, 0.15) is 0 Å². The molecule has 0 spiro atoms. The summed E-state index contributed by atoms with van der Waals surface area (Å²) < 4.78 is 29.1. The Kier molecular flexibility index (Phi) is 2.95. The monoisotopic (exact) mass is 321 g/mol. The molecule has 1 aromatic carbocycles. The fourth-order valence-corrected chi connectivity index (χ4v) is 4.68. The standard InChI is InChI=1S/C9H8BrNO3S2/c1-14-5-2-3-6-7(4-5)15-9(8(6)10)16(11,12)13/h2-4H,1H3,(H2,11,12,13). The molecule has 1 aromatic heterocycles. The second-order valence-corrected chi connectivity index (χ2v) is 6.71. The Labute approximate surface area is 105 Å². The molecule has 0 aliphatic rings. The van der Waals surface area contributed by atoms with E-state index in [1.807, 2.05) is 0 Å². The van der Waals surface area contributed by atoms with Crippen LogP contribution in [0.4, 0.5) is 0 Å². The van der Waals surface area contributed by atoms with Gasteiger partial charge in [-0.1, -0.05) is 0 Å². The summed E-state index contributed by atoms with van der Waals surface area (Å²) in [7, 11) is -2.12. The molecule has 0 bridgehead atoms. The van der Waals surface area contributed by atoms with Crippen LogP contribution in [-0.4, -0.2) is 15.5 Å². The van der Waals surface area contributed by atoms with Gasteiger partial charge in [-0.3, -0.25) is 0 Å². The van der Waals surface area contributed by atoms with E-state index in [4.69, 9.17) is 9.88 Å². The van der Waals surface area contributed by atoms with Crippen LogP contribution in [0.5, 0.6) is 5.75 Å². The van der Waals surface area contributed by atoms with Gasteiger partial charge in [-0.25, -0.2) is 13.6 Å². The first-order chi connectivity index (χ1) is 7.43. The third-order valence-electron chi connectivity index (χ3n) is 2.07. The molecule has 2 rings (SSSR count). The first-order valence-corrected chi connectivity index (χ1v) is 7.38. The van der Waals surface area contributed by atoms with Crippen LogP contribution in [-0.2, 0) is 10.0 Å². The molecule has 1 heterocycles. The predicted octanol–water partition coefficient (Wildman–Crippen LogP) is 2.32. The van der Waals surface area contributed by atoms with Crippen molar-refractivity contribution >= 4 is 47.4 Å². The topological polar surface area (TPSA) is 69.4 Å². The SMILES string of the molecule is COc1ccc2c(Br)c(S(N)(=O)=O)sc2c1. The highest BCUT2D eigenvalue weighted by atomic mass is 79.9. The number of hydrogen-bond donors (Lipinski definition) is 1. The predicted molar refractivity (Wildman–Crippen MR) is 67.5 cm³/mol. The van der Waals surface area contributed by atoms with Gasteiger partial charge in [0.2, 0.25) is 10.0 Å². The molecule has 4 nitrogen and oxygen atoms in total. The van der Waals surface area contributed by atoms with E-state index in [0.717, 1.165) is 21.4 Å². The number of thiophene rings is 1. The van der Waals surface area contributed by atoms with Crippen molar-refractivity contribution in [2.45, 2.75) is 4.21 Å². The molecule has 2 N–H and O–H groups in total. The minimum Gasteiger partial charge on any atom is -0.497 e. The first kappa shape index (κ1) is 11.8. The van der Waals surface area contributed by atoms with Gasteiger partial charge in [0.15, 0.2) is 0 Å². The Morgan fingerprint density at radius 3 is 2.69 bits per heavy atom. The summed E-state index contributed by atoms with van der Waals surface area (Å²) in [6.07, 6.45) is 0. The number of methoxy groups -OCH3 is 1. The normalized spacial score (nSPS) is 11.9. The number of rotatable bonds is 2. The molecule has 0 fully saturated rings. The van der Waals surface area contributed by atoms with Gasteiger partial charge in [-0.2, -0.15) is 0 Å². The van der Waals surface area contributed by atoms with E-state index >= 15 is 0 Å². The zero-order valence-corrected chi connectivity index (χ0v) is 11.4. The number of halogens is 1. The molecule has 0 amide bonds. The maximum absolute atomic E-state index is 11.3. The highest BCUT2D eigenvalue weighted by Gasteiger charge is 2.19. The Bertz CT molecular complexity index is 648. The molecule has 86 valence electrons. The van der Waals surface area contributed by atoms with E-state index in [1.165, 1.54) is 0 Å². The van der Waals surface area contributed by atoms with E-state index in [0.29, 0.717) is 10.2 Å². The van der Waals surface area contributed by atoms with Crippen molar-refractivity contribution in [3.8, 4) is 5.75 Å². The minimum atomic E-state index is -3.68. The second-order valence-electron chi connectivity index (χ2n) is 3.11. The third kappa shape index (κ3) is 1.95. The summed E-state index contributed by atoms with van der Waals surface area (Å²) >= 11 is 4.37. The lowest BCUT2D eigenvalue weighted by Crippen LogP contribution is -2.10. The zero-order valence-electron chi connectivity index (χ0n) is 8.23. The summed E-state index contributed by atoms with van der Waals surface area (Å²) in [6.45, 7) is 0. The van der Waals surface area contributed by atoms with Crippen LogP contribution in [0.25, 0.3) is 10.1 Å². The molecule has 0 saturated carbocycles. The number of fused-ring (bicyclic) bond motifs is 1. The van der Waals surface area contributed by atoms with Gasteiger partial charge in [-0.05, 0) is 34.1 Å². The van der Waals surface area contributed by atoms with E-state index < -0.39 is 10.0 Å². The number of primary sulfonamides is 1.